The second-order valence-electron chi connectivity index (χ2n) is 8.32. The molecular formula is C23H20F6N2O4. The maximum atomic E-state index is 14.4. The molecule has 2 saturated heterocycles. The van der Waals surface area contributed by atoms with Gasteiger partial charge in [0.15, 0.2) is 6.61 Å². The number of epoxide rings is 1. The lowest BCUT2D eigenvalue weighted by molar-refractivity contribution is -0.148. The highest BCUT2D eigenvalue weighted by Gasteiger charge is 2.56. The van der Waals surface area contributed by atoms with Crippen LogP contribution < -0.4 is 9.64 Å². The molecule has 2 aliphatic rings. The van der Waals surface area contributed by atoms with E-state index in [0.717, 1.165) is 12.1 Å². The third kappa shape index (κ3) is 4.79. The van der Waals surface area contributed by atoms with Crippen LogP contribution in [0.4, 0.5) is 32.0 Å². The van der Waals surface area contributed by atoms with Crippen molar-refractivity contribution >= 4 is 17.5 Å². The van der Waals surface area contributed by atoms with Crippen molar-refractivity contribution in [3.63, 3.8) is 0 Å². The van der Waals surface area contributed by atoms with Crippen LogP contribution in [0.15, 0.2) is 42.5 Å². The van der Waals surface area contributed by atoms with Gasteiger partial charge in [-0.15, -0.1) is 0 Å². The summed E-state index contributed by atoms with van der Waals surface area (Å²) in [6.45, 7) is -0.513. The largest absolute Gasteiger partial charge is 0.487 e. The van der Waals surface area contributed by atoms with E-state index in [2.05, 4.69) is 0 Å². The maximum absolute atomic E-state index is 14.4. The monoisotopic (exact) mass is 502 g/mol. The molecule has 2 amide bonds. The van der Waals surface area contributed by atoms with Crippen LogP contribution >= 0.6 is 0 Å². The summed E-state index contributed by atoms with van der Waals surface area (Å²) < 4.78 is 88.4. The van der Waals surface area contributed by atoms with E-state index in [4.69, 9.17) is 9.47 Å². The average molecular weight is 502 g/mol. The van der Waals surface area contributed by atoms with Crippen LogP contribution in [0.1, 0.15) is 12.5 Å². The number of amides is 2. The van der Waals surface area contributed by atoms with Gasteiger partial charge < -0.3 is 19.3 Å². The molecule has 2 aromatic rings. The zero-order valence-corrected chi connectivity index (χ0v) is 18.3. The Morgan fingerprint density at radius 3 is 2.29 bits per heavy atom. The first-order valence-electron chi connectivity index (χ1n) is 10.5. The van der Waals surface area contributed by atoms with Crippen molar-refractivity contribution in [2.75, 3.05) is 31.2 Å². The molecule has 188 valence electrons. The zero-order chi connectivity index (χ0) is 25.5. The van der Waals surface area contributed by atoms with Gasteiger partial charge in [-0.2, -0.15) is 8.78 Å². The normalized spacial score (nSPS) is 21.5. The third-order valence-electron chi connectivity index (χ3n) is 6.10. The zero-order valence-electron chi connectivity index (χ0n) is 18.3. The Kier molecular flexibility index (Phi) is 6.43. The minimum absolute atomic E-state index is 0.0853. The van der Waals surface area contributed by atoms with E-state index in [9.17, 15) is 35.9 Å². The summed E-state index contributed by atoms with van der Waals surface area (Å²) in [7, 11) is 0. The number of hydrogen-bond acceptors (Lipinski definition) is 4. The van der Waals surface area contributed by atoms with E-state index < -0.39 is 54.0 Å². The number of carbonyl (C=O) groups excluding carboxylic acids is 2. The fourth-order valence-electron chi connectivity index (χ4n) is 3.97. The summed E-state index contributed by atoms with van der Waals surface area (Å²) in [5.74, 6) is -6.92. The van der Waals surface area contributed by atoms with Gasteiger partial charge in [0.05, 0.1) is 12.6 Å². The Morgan fingerprint density at radius 1 is 1.06 bits per heavy atom. The number of benzene rings is 2. The first-order chi connectivity index (χ1) is 16.4. The number of rotatable bonds is 8. The highest BCUT2D eigenvalue weighted by molar-refractivity contribution is 6.04. The Bertz CT molecular complexity index is 1120. The SMILES string of the molecule is C[C@@H](N1CC(=O)N(c2ccc(OCC(F)(F)C(F)F)cc2)CC1=O)[C@]1(c2ccc(F)cc2F)CO1. The molecule has 12 heteroatoms. The third-order valence-corrected chi connectivity index (χ3v) is 6.10. The van der Waals surface area contributed by atoms with Crippen LogP contribution in [-0.2, 0) is 19.9 Å². The molecule has 2 atom stereocenters. The molecule has 2 heterocycles. The van der Waals surface area contributed by atoms with Crippen molar-refractivity contribution < 1.29 is 45.4 Å². The molecule has 2 fully saturated rings. The summed E-state index contributed by atoms with van der Waals surface area (Å²) in [6, 6.07) is 7.42. The van der Waals surface area contributed by atoms with Gasteiger partial charge >= 0.3 is 12.3 Å². The highest BCUT2D eigenvalue weighted by Crippen LogP contribution is 2.45. The van der Waals surface area contributed by atoms with Crippen molar-refractivity contribution in [3.8, 4) is 5.75 Å². The molecule has 0 bridgehead atoms. The van der Waals surface area contributed by atoms with Gasteiger partial charge in [-0.3, -0.25) is 9.59 Å². The van der Waals surface area contributed by atoms with E-state index in [1.165, 1.54) is 40.1 Å². The first-order valence-corrected chi connectivity index (χ1v) is 10.5. The Labute approximate surface area is 196 Å². The van der Waals surface area contributed by atoms with Crippen molar-refractivity contribution in [1.29, 1.82) is 0 Å². The van der Waals surface area contributed by atoms with Crippen molar-refractivity contribution in [2.24, 2.45) is 0 Å². The Morgan fingerprint density at radius 2 is 1.71 bits per heavy atom. The topological polar surface area (TPSA) is 62.4 Å². The Hall–Kier alpha value is -3.28. The van der Waals surface area contributed by atoms with Crippen LogP contribution in [0.25, 0.3) is 0 Å². The van der Waals surface area contributed by atoms with Gasteiger partial charge in [0.25, 0.3) is 0 Å². The lowest BCUT2D eigenvalue weighted by atomic mass is 9.90. The quantitative estimate of drug-likeness (QED) is 0.408. The van der Waals surface area contributed by atoms with Gasteiger partial charge in [0.1, 0.15) is 36.1 Å². The standard InChI is InChI=1S/C23H20F6N2O4/c1-13(22(11-35-22)17-7-2-14(24)8-18(17)25)30-9-20(33)31(10-19(30)32)15-3-5-16(6-4-15)34-12-23(28,29)21(26)27/h2-8,13,21H,9-12H2,1H3/t13-,22+/m1/s1. The number of ether oxygens (including phenoxy) is 2. The summed E-state index contributed by atoms with van der Waals surface area (Å²) >= 11 is 0. The molecule has 35 heavy (non-hydrogen) atoms. The van der Waals surface area contributed by atoms with Gasteiger partial charge in [-0.25, -0.2) is 17.6 Å². The van der Waals surface area contributed by atoms with Gasteiger partial charge in [0, 0.05) is 17.3 Å². The van der Waals surface area contributed by atoms with E-state index in [0.29, 0.717) is 0 Å². The van der Waals surface area contributed by atoms with Crippen molar-refractivity contribution in [2.45, 2.75) is 30.9 Å². The maximum Gasteiger partial charge on any atom is 0.340 e. The molecule has 0 saturated carbocycles. The summed E-state index contributed by atoms with van der Waals surface area (Å²) in [6.07, 6.45) is -3.87. The van der Waals surface area contributed by atoms with Crippen LogP contribution in [0.2, 0.25) is 0 Å². The number of alkyl halides is 4. The second-order valence-corrected chi connectivity index (χ2v) is 8.32. The molecule has 4 rings (SSSR count). The number of hydrogen-bond donors (Lipinski definition) is 0. The second kappa shape index (κ2) is 9.06. The number of nitrogens with zero attached hydrogens (tertiary/aromatic N) is 2. The molecule has 0 aromatic heterocycles. The van der Waals surface area contributed by atoms with Crippen molar-refractivity contribution in [3.05, 3.63) is 59.7 Å². The first kappa shape index (κ1) is 24.8. The predicted octanol–water partition coefficient (Wildman–Crippen LogP) is 3.73. The van der Waals surface area contributed by atoms with Crippen LogP contribution in [-0.4, -0.2) is 61.4 Å². The van der Waals surface area contributed by atoms with Gasteiger partial charge in [-0.05, 0) is 37.3 Å². The molecule has 0 unspecified atom stereocenters. The van der Waals surface area contributed by atoms with E-state index in [1.54, 1.807) is 6.92 Å². The van der Waals surface area contributed by atoms with Crippen LogP contribution in [0.5, 0.6) is 5.75 Å². The Balaban J connectivity index is 1.43. The minimum atomic E-state index is -4.31. The number of carbonyl (C=O) groups is 2. The molecule has 0 N–H and O–H groups in total. The fraction of sp³-hybridized carbons (Fsp3) is 0.391. The van der Waals surface area contributed by atoms with Crippen LogP contribution in [0.3, 0.4) is 0 Å². The number of anilines is 1. The molecule has 0 radical (unpaired) electrons. The number of halogens is 6. The molecule has 0 spiro atoms. The smallest absolute Gasteiger partial charge is 0.340 e. The molecular weight excluding hydrogens is 482 g/mol. The van der Waals surface area contributed by atoms with E-state index in [-0.39, 0.29) is 36.7 Å². The highest BCUT2D eigenvalue weighted by atomic mass is 19.3. The predicted molar refractivity (Wildman–Crippen MR) is 110 cm³/mol. The summed E-state index contributed by atoms with van der Waals surface area (Å²) in [5, 5.41) is 0. The van der Waals surface area contributed by atoms with E-state index >= 15 is 0 Å². The fourth-order valence-corrected chi connectivity index (χ4v) is 3.97. The average Bonchev–Trinajstić information content (AvgIpc) is 3.60. The molecule has 2 aromatic carbocycles. The van der Waals surface area contributed by atoms with Crippen LogP contribution in [0, 0.1) is 11.6 Å². The van der Waals surface area contributed by atoms with Gasteiger partial charge in [-0.1, -0.05) is 6.07 Å². The lowest BCUT2D eigenvalue weighted by Gasteiger charge is -2.39. The summed E-state index contributed by atoms with van der Waals surface area (Å²) in [5.41, 5.74) is -0.845. The van der Waals surface area contributed by atoms with E-state index in [1.807, 2.05) is 0 Å². The summed E-state index contributed by atoms with van der Waals surface area (Å²) in [4.78, 5) is 28.1. The van der Waals surface area contributed by atoms with Crippen molar-refractivity contribution in [1.82, 2.24) is 4.90 Å². The van der Waals surface area contributed by atoms with Gasteiger partial charge in [0.2, 0.25) is 11.8 Å². The number of piperazine rings is 1. The molecule has 6 nitrogen and oxygen atoms in total. The lowest BCUT2D eigenvalue weighted by Crippen LogP contribution is -2.59. The molecule has 2 aliphatic heterocycles. The minimum Gasteiger partial charge on any atom is -0.487 e. The molecule has 0 aliphatic carbocycles.